The van der Waals surface area contributed by atoms with Crippen molar-refractivity contribution in [2.75, 3.05) is 0 Å². The maximum absolute atomic E-state index is 6.89. The summed E-state index contributed by atoms with van der Waals surface area (Å²) in [5, 5.41) is 9.77. The largest absolute Gasteiger partial charge is 0.370 e. The highest BCUT2D eigenvalue weighted by Gasteiger charge is 2.24. The minimum Gasteiger partial charge on any atom is -0.370 e. The topological polar surface area (TPSA) is 61.9 Å². The second-order valence-electron chi connectivity index (χ2n) is 2.83. The van der Waals surface area contributed by atoms with Gasteiger partial charge in [0.1, 0.15) is 0 Å². The van der Waals surface area contributed by atoms with Gasteiger partial charge in [0.05, 0.1) is 0 Å². The van der Waals surface area contributed by atoms with Gasteiger partial charge in [-0.25, -0.2) is 0 Å². The van der Waals surface area contributed by atoms with Crippen molar-refractivity contribution in [1.29, 1.82) is 5.41 Å². The fourth-order valence-corrected chi connectivity index (χ4v) is 1.24. The minimum atomic E-state index is 0.104. The summed E-state index contributed by atoms with van der Waals surface area (Å²) in [6, 6.07) is 0.484. The summed E-state index contributed by atoms with van der Waals surface area (Å²) in [6.45, 7) is 2.21. The van der Waals surface area contributed by atoms with Crippen molar-refractivity contribution in [2.24, 2.45) is 11.7 Å². The van der Waals surface area contributed by atoms with E-state index in [-0.39, 0.29) is 5.96 Å². The number of nitrogens with two attached hydrogens (primary N) is 1. The molecule has 0 amide bonds. The molecule has 9 heavy (non-hydrogen) atoms. The highest BCUT2D eigenvalue weighted by Crippen LogP contribution is 2.25. The molecule has 4 N–H and O–H groups in total. The van der Waals surface area contributed by atoms with Gasteiger partial charge in [-0.15, -0.1) is 0 Å². The summed E-state index contributed by atoms with van der Waals surface area (Å²) >= 11 is 0. The van der Waals surface area contributed by atoms with Crippen LogP contribution >= 0.6 is 0 Å². The van der Waals surface area contributed by atoms with Crippen LogP contribution in [0, 0.1) is 11.3 Å². The van der Waals surface area contributed by atoms with Crippen LogP contribution in [0.4, 0.5) is 0 Å². The van der Waals surface area contributed by atoms with Crippen LogP contribution in [0.2, 0.25) is 0 Å². The van der Waals surface area contributed by atoms with Crippen LogP contribution in [0.25, 0.3) is 0 Å². The Labute approximate surface area is 55.1 Å². The van der Waals surface area contributed by atoms with E-state index in [2.05, 4.69) is 12.2 Å². The Morgan fingerprint density at radius 1 is 1.67 bits per heavy atom. The Kier molecular flexibility index (Phi) is 1.60. The van der Waals surface area contributed by atoms with E-state index in [1.54, 1.807) is 0 Å². The SMILES string of the molecule is C[C@H]1C[C@@H](NC(=N)N)C1. The van der Waals surface area contributed by atoms with Gasteiger partial charge in [-0.1, -0.05) is 6.92 Å². The summed E-state index contributed by atoms with van der Waals surface area (Å²) < 4.78 is 0. The van der Waals surface area contributed by atoms with Crippen molar-refractivity contribution in [3.05, 3.63) is 0 Å². The Balaban J connectivity index is 2.11. The number of hydrogen-bond donors (Lipinski definition) is 3. The van der Waals surface area contributed by atoms with E-state index in [1.807, 2.05) is 0 Å². The Hall–Kier alpha value is -0.730. The standard InChI is InChI=1S/C6H13N3/c1-4-2-5(3-4)9-6(7)8/h4-5H,2-3H2,1H3,(H4,7,8,9)/t4-,5+. The Morgan fingerprint density at radius 2 is 2.22 bits per heavy atom. The molecule has 0 heterocycles. The van der Waals surface area contributed by atoms with Crippen molar-refractivity contribution >= 4 is 5.96 Å². The number of guanidine groups is 1. The first-order valence-electron chi connectivity index (χ1n) is 3.29. The zero-order valence-corrected chi connectivity index (χ0v) is 5.65. The number of nitrogens with one attached hydrogen (secondary N) is 2. The molecule has 1 aliphatic rings. The fourth-order valence-electron chi connectivity index (χ4n) is 1.24. The molecule has 0 atom stereocenters. The predicted octanol–water partition coefficient (Wildman–Crippen LogP) is 0.268. The number of rotatable bonds is 1. The lowest BCUT2D eigenvalue weighted by atomic mass is 9.82. The molecular formula is C6H13N3. The summed E-state index contributed by atoms with van der Waals surface area (Å²) in [5.74, 6) is 0.925. The first-order valence-corrected chi connectivity index (χ1v) is 3.29. The molecule has 0 saturated heterocycles. The molecule has 0 aromatic carbocycles. The average molecular weight is 127 g/mol. The summed E-state index contributed by atoms with van der Waals surface area (Å²) in [4.78, 5) is 0. The molecule has 0 spiro atoms. The van der Waals surface area contributed by atoms with Crippen LogP contribution in [0.3, 0.4) is 0 Å². The van der Waals surface area contributed by atoms with Crippen molar-refractivity contribution in [3.8, 4) is 0 Å². The summed E-state index contributed by atoms with van der Waals surface area (Å²) in [6.07, 6.45) is 2.33. The van der Waals surface area contributed by atoms with Crippen LogP contribution in [-0.4, -0.2) is 12.0 Å². The highest BCUT2D eigenvalue weighted by molar-refractivity contribution is 5.74. The maximum atomic E-state index is 6.89. The zero-order valence-electron chi connectivity index (χ0n) is 5.65. The molecule has 0 radical (unpaired) electrons. The van der Waals surface area contributed by atoms with Gasteiger partial charge in [0, 0.05) is 6.04 Å². The molecule has 1 aliphatic carbocycles. The normalized spacial score (nSPS) is 33.0. The van der Waals surface area contributed by atoms with Crippen molar-refractivity contribution in [2.45, 2.75) is 25.8 Å². The monoisotopic (exact) mass is 127 g/mol. The van der Waals surface area contributed by atoms with Gasteiger partial charge in [0.15, 0.2) is 5.96 Å². The lowest BCUT2D eigenvalue weighted by Crippen LogP contribution is -2.46. The minimum absolute atomic E-state index is 0.104. The third-order valence-electron chi connectivity index (χ3n) is 1.73. The zero-order chi connectivity index (χ0) is 6.85. The van der Waals surface area contributed by atoms with Gasteiger partial charge in [0.25, 0.3) is 0 Å². The Bertz CT molecular complexity index is 115. The van der Waals surface area contributed by atoms with Crippen LogP contribution in [0.5, 0.6) is 0 Å². The Morgan fingerprint density at radius 3 is 2.56 bits per heavy atom. The van der Waals surface area contributed by atoms with Crippen molar-refractivity contribution < 1.29 is 0 Å². The molecule has 0 aromatic rings. The second kappa shape index (κ2) is 2.25. The molecule has 52 valence electrons. The lowest BCUT2D eigenvalue weighted by Gasteiger charge is -2.33. The van der Waals surface area contributed by atoms with E-state index in [0.717, 1.165) is 5.92 Å². The quantitative estimate of drug-likeness (QED) is 0.349. The van der Waals surface area contributed by atoms with Crippen LogP contribution in [0.1, 0.15) is 19.8 Å². The smallest absolute Gasteiger partial charge is 0.185 e. The molecular weight excluding hydrogens is 114 g/mol. The molecule has 3 nitrogen and oxygen atoms in total. The molecule has 3 heteroatoms. The van der Waals surface area contributed by atoms with E-state index < -0.39 is 0 Å². The third kappa shape index (κ3) is 1.59. The highest BCUT2D eigenvalue weighted by atomic mass is 15.1. The van der Waals surface area contributed by atoms with Crippen molar-refractivity contribution in [1.82, 2.24) is 5.32 Å². The van der Waals surface area contributed by atoms with Crippen LogP contribution < -0.4 is 11.1 Å². The van der Waals surface area contributed by atoms with E-state index in [1.165, 1.54) is 12.8 Å². The van der Waals surface area contributed by atoms with E-state index in [4.69, 9.17) is 11.1 Å². The van der Waals surface area contributed by atoms with E-state index in [9.17, 15) is 0 Å². The van der Waals surface area contributed by atoms with Crippen LogP contribution in [-0.2, 0) is 0 Å². The molecule has 1 fully saturated rings. The first kappa shape index (κ1) is 6.39. The van der Waals surface area contributed by atoms with Gasteiger partial charge in [-0.3, -0.25) is 5.41 Å². The molecule has 0 aliphatic heterocycles. The second-order valence-corrected chi connectivity index (χ2v) is 2.83. The van der Waals surface area contributed by atoms with E-state index in [0.29, 0.717) is 6.04 Å². The molecule has 0 bridgehead atoms. The molecule has 0 unspecified atom stereocenters. The van der Waals surface area contributed by atoms with Crippen LogP contribution in [0.15, 0.2) is 0 Å². The molecule has 0 aromatic heterocycles. The summed E-state index contributed by atoms with van der Waals surface area (Å²) in [7, 11) is 0. The fraction of sp³-hybridized carbons (Fsp3) is 0.833. The molecule has 1 saturated carbocycles. The van der Waals surface area contributed by atoms with Gasteiger partial charge in [-0.05, 0) is 18.8 Å². The molecule has 1 rings (SSSR count). The maximum Gasteiger partial charge on any atom is 0.185 e. The van der Waals surface area contributed by atoms with Crippen molar-refractivity contribution in [3.63, 3.8) is 0 Å². The van der Waals surface area contributed by atoms with E-state index >= 15 is 0 Å². The number of hydrogen-bond acceptors (Lipinski definition) is 1. The van der Waals surface area contributed by atoms with Gasteiger partial charge in [-0.2, -0.15) is 0 Å². The first-order chi connectivity index (χ1) is 4.18. The summed E-state index contributed by atoms with van der Waals surface area (Å²) in [5.41, 5.74) is 5.12. The lowest BCUT2D eigenvalue weighted by molar-refractivity contribution is 0.267. The van der Waals surface area contributed by atoms with Gasteiger partial charge in [0.2, 0.25) is 0 Å². The predicted molar refractivity (Wildman–Crippen MR) is 37.2 cm³/mol. The average Bonchev–Trinajstić information content (AvgIpc) is 1.60. The van der Waals surface area contributed by atoms with Gasteiger partial charge >= 0.3 is 0 Å². The van der Waals surface area contributed by atoms with Gasteiger partial charge < -0.3 is 11.1 Å². The third-order valence-corrected chi connectivity index (χ3v) is 1.73.